The van der Waals surface area contributed by atoms with Crippen molar-refractivity contribution in [3.8, 4) is 0 Å². The van der Waals surface area contributed by atoms with E-state index in [1.165, 1.54) is 19.3 Å². The van der Waals surface area contributed by atoms with Crippen LogP contribution in [0.2, 0.25) is 0 Å². The van der Waals surface area contributed by atoms with Gasteiger partial charge in [0.1, 0.15) is 0 Å². The van der Waals surface area contributed by atoms with E-state index in [2.05, 4.69) is 10.6 Å². The van der Waals surface area contributed by atoms with Crippen molar-refractivity contribution in [2.45, 2.75) is 76.4 Å². The minimum Gasteiger partial charge on any atom is -0.352 e. The van der Waals surface area contributed by atoms with Crippen LogP contribution in [0.25, 0.3) is 0 Å². The summed E-state index contributed by atoms with van der Waals surface area (Å²) in [6.07, 6.45) is 10.0. The molecule has 3 saturated carbocycles. The van der Waals surface area contributed by atoms with Crippen LogP contribution in [0.15, 0.2) is 24.3 Å². The number of nitrogens with two attached hydrogens (primary N) is 1. The van der Waals surface area contributed by atoms with Gasteiger partial charge in [0, 0.05) is 30.1 Å². The van der Waals surface area contributed by atoms with Gasteiger partial charge in [0.15, 0.2) is 0 Å². The number of amides is 2. The van der Waals surface area contributed by atoms with Crippen LogP contribution in [-0.4, -0.2) is 23.9 Å². The van der Waals surface area contributed by atoms with Crippen LogP contribution in [-0.2, 0) is 11.3 Å². The summed E-state index contributed by atoms with van der Waals surface area (Å²) >= 11 is 0. The fraction of sp³-hybridized carbons (Fsp3) is 0.652. The summed E-state index contributed by atoms with van der Waals surface area (Å²) in [7, 11) is 0. The molecule has 28 heavy (non-hydrogen) atoms. The molecule has 5 nitrogen and oxygen atoms in total. The van der Waals surface area contributed by atoms with E-state index in [4.69, 9.17) is 5.73 Å². The topological polar surface area (TPSA) is 84.2 Å². The summed E-state index contributed by atoms with van der Waals surface area (Å²) in [5.74, 6) is 1.42. The Labute approximate surface area is 167 Å². The number of carbonyl (C=O) groups excluding carboxylic acids is 2. The molecule has 2 atom stereocenters. The number of nitrogens with one attached hydrogen (secondary N) is 2. The number of hydrogen-bond acceptors (Lipinski definition) is 3. The molecule has 0 radical (unpaired) electrons. The lowest BCUT2D eigenvalue weighted by molar-refractivity contribution is -0.124. The first kappa shape index (κ1) is 19.4. The maximum absolute atomic E-state index is 12.8. The van der Waals surface area contributed by atoms with E-state index in [-0.39, 0.29) is 23.8 Å². The lowest BCUT2D eigenvalue weighted by atomic mass is 9.67. The van der Waals surface area contributed by atoms with Crippen molar-refractivity contribution >= 4 is 11.8 Å². The van der Waals surface area contributed by atoms with Crippen LogP contribution in [0.4, 0.5) is 0 Å². The quantitative estimate of drug-likeness (QED) is 0.730. The van der Waals surface area contributed by atoms with Crippen LogP contribution in [0.5, 0.6) is 0 Å². The summed E-state index contributed by atoms with van der Waals surface area (Å²) < 4.78 is 0. The second kappa shape index (κ2) is 8.64. The number of benzene rings is 1. The van der Waals surface area contributed by atoms with Gasteiger partial charge in [0.25, 0.3) is 5.91 Å². The highest BCUT2D eigenvalue weighted by molar-refractivity contribution is 5.94. The summed E-state index contributed by atoms with van der Waals surface area (Å²) in [6.45, 7) is 0.530. The van der Waals surface area contributed by atoms with Crippen LogP contribution >= 0.6 is 0 Å². The third-order valence-electron chi connectivity index (χ3n) is 7.08. The van der Waals surface area contributed by atoms with Crippen molar-refractivity contribution in [1.29, 1.82) is 0 Å². The van der Waals surface area contributed by atoms with Crippen LogP contribution in [0.1, 0.15) is 73.7 Å². The molecule has 0 saturated heterocycles. The zero-order valence-corrected chi connectivity index (χ0v) is 16.7. The molecule has 152 valence electrons. The Morgan fingerprint density at radius 1 is 0.929 bits per heavy atom. The van der Waals surface area contributed by atoms with E-state index in [0.717, 1.165) is 44.1 Å². The predicted molar refractivity (Wildman–Crippen MR) is 110 cm³/mol. The van der Waals surface area contributed by atoms with Crippen molar-refractivity contribution in [3.63, 3.8) is 0 Å². The molecule has 2 unspecified atom stereocenters. The molecule has 5 heteroatoms. The standard InChI is InChI=1S/C23H33N3O2/c24-20-12-18-6-3-7-19(13-20)21(18)26-23(28)17-10-8-15(9-11-17)14-25-22(27)16-4-1-2-5-16/h8-11,16,18-21H,1-7,12-14,24H2,(H,25,27)(H,26,28). The van der Waals surface area contributed by atoms with Gasteiger partial charge in [0.2, 0.25) is 5.91 Å². The summed E-state index contributed by atoms with van der Waals surface area (Å²) in [6, 6.07) is 8.20. The summed E-state index contributed by atoms with van der Waals surface area (Å²) in [5, 5.41) is 6.34. The Morgan fingerprint density at radius 2 is 1.57 bits per heavy atom. The van der Waals surface area contributed by atoms with Crippen molar-refractivity contribution < 1.29 is 9.59 Å². The maximum Gasteiger partial charge on any atom is 0.251 e. The molecule has 1 aromatic rings. The van der Waals surface area contributed by atoms with Crippen LogP contribution in [0.3, 0.4) is 0 Å². The molecule has 2 amide bonds. The second-order valence-corrected chi connectivity index (χ2v) is 9.08. The zero-order chi connectivity index (χ0) is 19.5. The van der Waals surface area contributed by atoms with Crippen molar-refractivity contribution in [2.24, 2.45) is 23.5 Å². The highest BCUT2D eigenvalue weighted by Crippen LogP contribution is 2.39. The van der Waals surface area contributed by atoms with Gasteiger partial charge in [0.05, 0.1) is 0 Å². The van der Waals surface area contributed by atoms with E-state index in [1.54, 1.807) is 0 Å². The third kappa shape index (κ3) is 4.40. The smallest absolute Gasteiger partial charge is 0.251 e. The molecule has 0 heterocycles. The Bertz CT molecular complexity index is 682. The molecule has 3 aliphatic carbocycles. The first-order valence-corrected chi connectivity index (χ1v) is 11.0. The van der Waals surface area contributed by atoms with Gasteiger partial charge >= 0.3 is 0 Å². The van der Waals surface area contributed by atoms with E-state index < -0.39 is 0 Å². The molecule has 4 N–H and O–H groups in total. The number of carbonyl (C=O) groups is 2. The van der Waals surface area contributed by atoms with Crippen molar-refractivity contribution in [3.05, 3.63) is 35.4 Å². The Kier molecular flexibility index (Phi) is 6.00. The van der Waals surface area contributed by atoms with Crippen molar-refractivity contribution in [1.82, 2.24) is 10.6 Å². The average Bonchev–Trinajstić information content (AvgIpc) is 3.22. The molecular weight excluding hydrogens is 350 g/mol. The third-order valence-corrected chi connectivity index (χ3v) is 7.08. The van der Waals surface area contributed by atoms with E-state index in [0.29, 0.717) is 30.0 Å². The van der Waals surface area contributed by atoms with Gasteiger partial charge in [-0.3, -0.25) is 9.59 Å². The fourth-order valence-corrected chi connectivity index (χ4v) is 5.56. The van der Waals surface area contributed by atoms with E-state index in [9.17, 15) is 9.59 Å². The Balaban J connectivity index is 1.31. The lowest BCUT2D eigenvalue weighted by Crippen LogP contribution is -2.53. The summed E-state index contributed by atoms with van der Waals surface area (Å²) in [4.78, 5) is 24.9. The van der Waals surface area contributed by atoms with Gasteiger partial charge < -0.3 is 16.4 Å². The first-order valence-electron chi connectivity index (χ1n) is 11.0. The minimum atomic E-state index is 0.0129. The van der Waals surface area contributed by atoms with Crippen LogP contribution in [0, 0.1) is 17.8 Å². The second-order valence-electron chi connectivity index (χ2n) is 9.08. The molecule has 3 aliphatic rings. The molecule has 0 aliphatic heterocycles. The minimum absolute atomic E-state index is 0.0129. The van der Waals surface area contributed by atoms with E-state index >= 15 is 0 Å². The van der Waals surface area contributed by atoms with Crippen LogP contribution < -0.4 is 16.4 Å². The SMILES string of the molecule is NC1CC2CCCC(C1)C2NC(=O)c1ccc(CNC(=O)C2CCCC2)cc1. The van der Waals surface area contributed by atoms with Gasteiger partial charge in [-0.05, 0) is 68.1 Å². The number of fused-ring (bicyclic) bond motifs is 2. The molecule has 0 spiro atoms. The van der Waals surface area contributed by atoms with Gasteiger partial charge in [-0.15, -0.1) is 0 Å². The lowest BCUT2D eigenvalue weighted by Gasteiger charge is -2.45. The van der Waals surface area contributed by atoms with Gasteiger partial charge in [-0.2, -0.15) is 0 Å². The summed E-state index contributed by atoms with van der Waals surface area (Å²) in [5.41, 5.74) is 7.92. The highest BCUT2D eigenvalue weighted by atomic mass is 16.2. The number of rotatable bonds is 5. The normalized spacial score (nSPS) is 30.0. The molecule has 3 fully saturated rings. The van der Waals surface area contributed by atoms with Crippen molar-refractivity contribution in [2.75, 3.05) is 0 Å². The number of hydrogen-bond donors (Lipinski definition) is 3. The molecule has 1 aromatic carbocycles. The molecule has 0 aromatic heterocycles. The highest BCUT2D eigenvalue weighted by Gasteiger charge is 2.39. The molecule has 4 rings (SSSR count). The average molecular weight is 384 g/mol. The Hall–Kier alpha value is -1.88. The monoisotopic (exact) mass is 383 g/mol. The van der Waals surface area contributed by atoms with E-state index in [1.807, 2.05) is 24.3 Å². The Morgan fingerprint density at radius 3 is 2.21 bits per heavy atom. The maximum atomic E-state index is 12.8. The predicted octanol–water partition coefficient (Wildman–Crippen LogP) is 3.13. The molecular formula is C23H33N3O2. The van der Waals surface area contributed by atoms with Gasteiger partial charge in [-0.25, -0.2) is 0 Å². The largest absolute Gasteiger partial charge is 0.352 e. The zero-order valence-electron chi connectivity index (χ0n) is 16.7. The van der Waals surface area contributed by atoms with Gasteiger partial charge in [-0.1, -0.05) is 31.4 Å². The fourth-order valence-electron chi connectivity index (χ4n) is 5.56. The molecule has 2 bridgehead atoms. The first-order chi connectivity index (χ1) is 13.6.